The molecule has 10 heteroatoms. The molecule has 0 radical (unpaired) electrons. The average molecular weight is 521 g/mol. The average Bonchev–Trinajstić information content (AvgIpc) is 3.69. The highest BCUT2D eigenvalue weighted by atomic mass is 16.3. The van der Waals surface area contributed by atoms with E-state index in [1.807, 2.05) is 42.5 Å². The number of carbonyl (C=O) groups excluding carboxylic acids is 3. The lowest BCUT2D eigenvalue weighted by atomic mass is 10.0. The zero-order valence-electron chi connectivity index (χ0n) is 20.7. The van der Waals surface area contributed by atoms with Crippen molar-refractivity contribution in [3.63, 3.8) is 0 Å². The highest BCUT2D eigenvalue weighted by Crippen LogP contribution is 2.21. The Morgan fingerprint density at radius 2 is 1.64 bits per heavy atom. The smallest absolute Gasteiger partial charge is 0.287 e. The fraction of sp³-hybridized carbons (Fsp3) is 0.103. The lowest BCUT2D eigenvalue weighted by molar-refractivity contribution is -0.138. The zero-order chi connectivity index (χ0) is 27.0. The van der Waals surface area contributed by atoms with E-state index in [2.05, 4.69) is 25.7 Å². The summed E-state index contributed by atoms with van der Waals surface area (Å²) >= 11 is 0. The molecule has 0 saturated carbocycles. The SMILES string of the molecule is O=C(CC(NC(=O)c1cccnc1-n1ccc(-c2ccccc2)n1)c1ccccc1)C(=O)NCc1ncco1. The first-order valence-electron chi connectivity index (χ1n) is 12.2. The van der Waals surface area contributed by atoms with Gasteiger partial charge in [-0.05, 0) is 23.8 Å². The first kappa shape index (κ1) is 25.3. The maximum Gasteiger partial charge on any atom is 0.287 e. The number of hydrogen-bond acceptors (Lipinski definition) is 7. The maximum absolute atomic E-state index is 13.5. The van der Waals surface area contributed by atoms with Crippen LogP contribution in [0.3, 0.4) is 0 Å². The minimum atomic E-state index is -0.796. The second kappa shape index (κ2) is 11.8. The summed E-state index contributed by atoms with van der Waals surface area (Å²) in [5, 5.41) is 9.99. The monoisotopic (exact) mass is 520 g/mol. The van der Waals surface area contributed by atoms with Crippen LogP contribution >= 0.6 is 0 Å². The van der Waals surface area contributed by atoms with Gasteiger partial charge in [-0.1, -0.05) is 60.7 Å². The van der Waals surface area contributed by atoms with Crippen molar-refractivity contribution in [2.75, 3.05) is 0 Å². The normalized spacial score (nSPS) is 11.5. The second-order valence-electron chi connectivity index (χ2n) is 8.56. The van der Waals surface area contributed by atoms with E-state index in [9.17, 15) is 14.4 Å². The molecule has 2 N–H and O–H groups in total. The van der Waals surface area contributed by atoms with E-state index in [4.69, 9.17) is 4.42 Å². The number of hydrogen-bond donors (Lipinski definition) is 2. The number of pyridine rings is 1. The van der Waals surface area contributed by atoms with E-state index in [-0.39, 0.29) is 24.4 Å². The molecule has 5 aromatic rings. The van der Waals surface area contributed by atoms with Gasteiger partial charge in [-0.25, -0.2) is 14.6 Å². The highest BCUT2D eigenvalue weighted by molar-refractivity contribution is 6.36. The van der Waals surface area contributed by atoms with Crippen LogP contribution in [0.1, 0.15) is 34.3 Å². The summed E-state index contributed by atoms with van der Waals surface area (Å²) in [6, 6.07) is 23.0. The molecule has 2 aromatic carbocycles. The fourth-order valence-electron chi connectivity index (χ4n) is 4.01. The minimum absolute atomic E-state index is 0.0200. The third-order valence-electron chi connectivity index (χ3n) is 5.94. The number of rotatable bonds is 10. The molecule has 0 saturated heterocycles. The Morgan fingerprint density at radius 3 is 2.38 bits per heavy atom. The number of oxazole rings is 1. The van der Waals surface area contributed by atoms with Crippen LogP contribution in [0.4, 0.5) is 0 Å². The van der Waals surface area contributed by atoms with Crippen LogP contribution in [-0.4, -0.2) is 37.3 Å². The molecule has 1 atom stereocenters. The van der Waals surface area contributed by atoms with Gasteiger partial charge in [0.2, 0.25) is 11.7 Å². The van der Waals surface area contributed by atoms with Crippen LogP contribution in [0.5, 0.6) is 0 Å². The molecule has 194 valence electrons. The number of aromatic nitrogens is 4. The van der Waals surface area contributed by atoms with Crippen molar-refractivity contribution in [1.82, 2.24) is 30.4 Å². The summed E-state index contributed by atoms with van der Waals surface area (Å²) in [5.74, 6) is -1.34. The minimum Gasteiger partial charge on any atom is -0.447 e. The number of Topliss-reactive ketones (excluding diaryl/α,β-unsaturated/α-hetero) is 1. The third kappa shape index (κ3) is 6.13. The van der Waals surface area contributed by atoms with Gasteiger partial charge in [0.25, 0.3) is 11.8 Å². The van der Waals surface area contributed by atoms with Crippen molar-refractivity contribution in [3.05, 3.63) is 121 Å². The van der Waals surface area contributed by atoms with E-state index in [1.165, 1.54) is 17.1 Å². The predicted octanol–water partition coefficient (Wildman–Crippen LogP) is 3.67. The lowest BCUT2D eigenvalue weighted by Crippen LogP contribution is -2.36. The first-order chi connectivity index (χ1) is 19.1. The van der Waals surface area contributed by atoms with Gasteiger partial charge in [-0.15, -0.1) is 0 Å². The molecule has 5 rings (SSSR count). The van der Waals surface area contributed by atoms with E-state index in [0.29, 0.717) is 11.4 Å². The Bertz CT molecular complexity index is 1570. The number of carbonyl (C=O) groups is 3. The summed E-state index contributed by atoms with van der Waals surface area (Å²) in [4.78, 5) is 47.1. The topological polar surface area (TPSA) is 132 Å². The predicted molar refractivity (Wildman–Crippen MR) is 141 cm³/mol. The quantitative estimate of drug-likeness (QED) is 0.269. The maximum atomic E-state index is 13.5. The van der Waals surface area contributed by atoms with Gasteiger partial charge in [0, 0.05) is 24.4 Å². The van der Waals surface area contributed by atoms with E-state index in [0.717, 1.165) is 11.3 Å². The van der Waals surface area contributed by atoms with Crippen LogP contribution in [0, 0.1) is 0 Å². The van der Waals surface area contributed by atoms with Gasteiger partial charge in [-0.2, -0.15) is 5.10 Å². The van der Waals surface area contributed by atoms with Gasteiger partial charge in [0.1, 0.15) is 6.26 Å². The van der Waals surface area contributed by atoms with Gasteiger partial charge >= 0.3 is 0 Å². The summed E-state index contributed by atoms with van der Waals surface area (Å²) in [5.41, 5.74) is 2.61. The van der Waals surface area contributed by atoms with Crippen LogP contribution in [0.15, 0.2) is 108 Å². The van der Waals surface area contributed by atoms with E-state index < -0.39 is 23.6 Å². The molecule has 1 unspecified atom stereocenters. The van der Waals surface area contributed by atoms with Gasteiger partial charge in [0.05, 0.1) is 30.0 Å². The largest absolute Gasteiger partial charge is 0.447 e. The Morgan fingerprint density at radius 1 is 0.872 bits per heavy atom. The van der Waals surface area contributed by atoms with Crippen LogP contribution in [0.25, 0.3) is 17.1 Å². The number of ketones is 1. The van der Waals surface area contributed by atoms with Crippen molar-refractivity contribution in [3.8, 4) is 17.1 Å². The summed E-state index contributed by atoms with van der Waals surface area (Å²) < 4.78 is 6.62. The number of nitrogens with zero attached hydrogens (tertiary/aromatic N) is 4. The van der Waals surface area contributed by atoms with Crippen molar-refractivity contribution in [2.24, 2.45) is 0 Å². The molecule has 0 spiro atoms. The zero-order valence-corrected chi connectivity index (χ0v) is 20.7. The molecule has 39 heavy (non-hydrogen) atoms. The molecule has 0 aliphatic carbocycles. The van der Waals surface area contributed by atoms with Crippen molar-refractivity contribution >= 4 is 17.6 Å². The summed E-state index contributed by atoms with van der Waals surface area (Å²) in [7, 11) is 0. The molecule has 3 aromatic heterocycles. The molecule has 0 aliphatic heterocycles. The number of benzene rings is 2. The Labute approximate surface area is 223 Å². The Hall–Kier alpha value is -5.38. The Balaban J connectivity index is 1.35. The summed E-state index contributed by atoms with van der Waals surface area (Å²) in [6.07, 6.45) is 5.89. The lowest BCUT2D eigenvalue weighted by Gasteiger charge is -2.19. The van der Waals surface area contributed by atoms with Gasteiger partial charge in [0.15, 0.2) is 5.82 Å². The third-order valence-corrected chi connectivity index (χ3v) is 5.94. The summed E-state index contributed by atoms with van der Waals surface area (Å²) in [6.45, 7) is -0.0200. The molecular weight excluding hydrogens is 496 g/mol. The number of nitrogens with one attached hydrogen (secondary N) is 2. The van der Waals surface area contributed by atoms with Crippen LogP contribution in [-0.2, 0) is 16.1 Å². The highest BCUT2D eigenvalue weighted by Gasteiger charge is 2.25. The Kier molecular flexibility index (Phi) is 7.63. The van der Waals surface area contributed by atoms with Crippen LogP contribution in [0.2, 0.25) is 0 Å². The van der Waals surface area contributed by atoms with E-state index in [1.54, 1.807) is 48.8 Å². The number of amides is 2. The molecule has 0 fully saturated rings. The fourth-order valence-corrected chi connectivity index (χ4v) is 4.01. The molecule has 3 heterocycles. The van der Waals surface area contributed by atoms with Crippen molar-refractivity contribution in [1.29, 1.82) is 0 Å². The molecule has 10 nitrogen and oxygen atoms in total. The van der Waals surface area contributed by atoms with Gasteiger partial charge < -0.3 is 15.1 Å². The molecule has 0 aliphatic rings. The first-order valence-corrected chi connectivity index (χ1v) is 12.2. The molecule has 2 amide bonds. The standard InChI is InChI=1S/C29H24N6O4/c36-25(29(38)32-19-26-30-15-17-39-26)18-24(21-10-5-2-6-11-21)33-28(37)22-12-7-14-31-27(22)35-16-13-23(34-35)20-8-3-1-4-9-20/h1-17,24H,18-19H2,(H,32,38)(H,33,37). The second-order valence-corrected chi connectivity index (χ2v) is 8.56. The van der Waals surface area contributed by atoms with E-state index >= 15 is 0 Å². The molecule has 0 bridgehead atoms. The van der Waals surface area contributed by atoms with Gasteiger partial charge in [-0.3, -0.25) is 14.4 Å². The molecular formula is C29H24N6O4. The van der Waals surface area contributed by atoms with Crippen molar-refractivity contribution in [2.45, 2.75) is 19.0 Å². The van der Waals surface area contributed by atoms with Crippen molar-refractivity contribution < 1.29 is 18.8 Å². The van der Waals surface area contributed by atoms with Crippen LogP contribution < -0.4 is 10.6 Å².